The largest absolute Gasteiger partial charge is 0.454 e. The maximum absolute atomic E-state index is 6.02. The molecule has 3 aliphatic rings. The molecule has 182 valence electrons. The highest BCUT2D eigenvalue weighted by Crippen LogP contribution is 2.46. The maximum Gasteiger partial charge on any atom is 0.231 e. The Bertz CT molecular complexity index is 1520. The van der Waals surface area contributed by atoms with Gasteiger partial charge in [0.1, 0.15) is 5.54 Å². The molecule has 0 amide bonds. The van der Waals surface area contributed by atoms with Crippen molar-refractivity contribution in [1.82, 2.24) is 15.2 Å². The fourth-order valence-electron chi connectivity index (χ4n) is 5.59. The lowest BCUT2D eigenvalue weighted by molar-refractivity contribution is 0.173. The van der Waals surface area contributed by atoms with E-state index in [0.717, 1.165) is 58.3 Å². The van der Waals surface area contributed by atoms with Crippen LogP contribution in [0.4, 0.5) is 0 Å². The van der Waals surface area contributed by atoms with Gasteiger partial charge in [-0.1, -0.05) is 30.3 Å². The number of fused-ring (bicyclic) bond motifs is 5. The summed E-state index contributed by atoms with van der Waals surface area (Å²) in [6.45, 7) is 4.10. The highest BCUT2D eigenvalue weighted by Gasteiger charge is 2.44. The second-order valence-corrected chi connectivity index (χ2v) is 9.80. The van der Waals surface area contributed by atoms with Gasteiger partial charge in [0.2, 0.25) is 13.6 Å². The number of para-hydroxylation sites is 1. The van der Waals surface area contributed by atoms with Gasteiger partial charge >= 0.3 is 0 Å². The van der Waals surface area contributed by atoms with Gasteiger partial charge in [0, 0.05) is 29.7 Å². The third-order valence-electron chi connectivity index (χ3n) is 7.49. The summed E-state index contributed by atoms with van der Waals surface area (Å²) in [5.41, 5.74) is 5.25. The Morgan fingerprint density at radius 3 is 2.50 bits per heavy atom. The van der Waals surface area contributed by atoms with Gasteiger partial charge in [-0.25, -0.2) is 0 Å². The Balaban J connectivity index is 1.26. The summed E-state index contributed by atoms with van der Waals surface area (Å²) in [5, 5.41) is 5.45. The van der Waals surface area contributed by atoms with E-state index in [-0.39, 0.29) is 13.6 Å². The second kappa shape index (κ2) is 8.06. The Labute approximate surface area is 213 Å². The summed E-state index contributed by atoms with van der Waals surface area (Å²) in [5.74, 6) is 3.08. The van der Waals surface area contributed by atoms with Crippen LogP contribution in [0.25, 0.3) is 10.9 Å². The number of ether oxygens (including phenoxy) is 4. The molecule has 7 rings (SSSR count). The van der Waals surface area contributed by atoms with Gasteiger partial charge in [-0.05, 0) is 72.6 Å². The van der Waals surface area contributed by atoms with Crippen LogP contribution in [0.15, 0.2) is 60.7 Å². The van der Waals surface area contributed by atoms with E-state index in [9.17, 15) is 0 Å². The standard InChI is InChI=1S/C28H25N3O4S/c1-28(18-7-9-23-25(13-18)35-16-33-23)26-20(19-4-2-3-5-21(19)30-26)10-11-31(28)27(36)29-14-17-6-8-22-24(12-17)34-15-32-22/h2-9,12-13,30H,10-11,14-16H2,1H3,(H,29,36). The van der Waals surface area contributed by atoms with Crippen LogP contribution in [0.5, 0.6) is 23.0 Å². The third kappa shape index (κ3) is 3.21. The van der Waals surface area contributed by atoms with Crippen molar-refractivity contribution in [3.63, 3.8) is 0 Å². The third-order valence-corrected chi connectivity index (χ3v) is 7.85. The fraction of sp³-hybridized carbons (Fsp3) is 0.250. The zero-order chi connectivity index (χ0) is 24.3. The molecule has 0 fully saturated rings. The lowest BCUT2D eigenvalue weighted by atomic mass is 9.80. The molecule has 1 unspecified atom stereocenters. The minimum Gasteiger partial charge on any atom is -0.454 e. The molecule has 7 nitrogen and oxygen atoms in total. The molecule has 3 aromatic carbocycles. The van der Waals surface area contributed by atoms with Gasteiger partial charge < -0.3 is 34.1 Å². The Hall–Kier alpha value is -3.91. The van der Waals surface area contributed by atoms with Crippen LogP contribution in [0, 0.1) is 0 Å². The molecule has 8 heteroatoms. The number of nitrogens with zero attached hydrogens (tertiary/aromatic N) is 1. The first-order chi connectivity index (χ1) is 17.6. The molecular weight excluding hydrogens is 474 g/mol. The van der Waals surface area contributed by atoms with E-state index < -0.39 is 5.54 Å². The summed E-state index contributed by atoms with van der Waals surface area (Å²) in [6, 6.07) is 20.6. The predicted molar refractivity (Wildman–Crippen MR) is 140 cm³/mol. The van der Waals surface area contributed by atoms with E-state index in [1.165, 1.54) is 10.9 Å². The second-order valence-electron chi connectivity index (χ2n) is 9.41. The first kappa shape index (κ1) is 21.4. The monoisotopic (exact) mass is 499 g/mol. The van der Waals surface area contributed by atoms with Crippen molar-refractivity contribution in [3.8, 4) is 23.0 Å². The molecule has 0 spiro atoms. The van der Waals surface area contributed by atoms with Crippen molar-refractivity contribution in [2.24, 2.45) is 0 Å². The van der Waals surface area contributed by atoms with E-state index in [1.54, 1.807) is 0 Å². The van der Waals surface area contributed by atoms with E-state index in [2.05, 4.69) is 58.5 Å². The quantitative estimate of drug-likeness (QED) is 0.392. The van der Waals surface area contributed by atoms with Crippen molar-refractivity contribution < 1.29 is 18.9 Å². The molecule has 36 heavy (non-hydrogen) atoms. The number of rotatable bonds is 3. The fourth-order valence-corrected chi connectivity index (χ4v) is 5.93. The Kier molecular flexibility index (Phi) is 4.79. The highest BCUT2D eigenvalue weighted by atomic mass is 32.1. The predicted octanol–water partition coefficient (Wildman–Crippen LogP) is 4.82. The number of aromatic nitrogens is 1. The van der Waals surface area contributed by atoms with Crippen LogP contribution in [-0.4, -0.2) is 35.1 Å². The molecule has 0 saturated carbocycles. The molecule has 0 saturated heterocycles. The average molecular weight is 500 g/mol. The van der Waals surface area contributed by atoms with Crippen molar-refractivity contribution in [1.29, 1.82) is 0 Å². The number of benzene rings is 3. The highest BCUT2D eigenvalue weighted by molar-refractivity contribution is 7.80. The molecule has 3 aliphatic heterocycles. The van der Waals surface area contributed by atoms with Crippen LogP contribution >= 0.6 is 12.2 Å². The Morgan fingerprint density at radius 2 is 1.67 bits per heavy atom. The molecule has 4 heterocycles. The van der Waals surface area contributed by atoms with Crippen LogP contribution in [0.1, 0.15) is 29.3 Å². The van der Waals surface area contributed by atoms with Crippen LogP contribution in [0.3, 0.4) is 0 Å². The minimum atomic E-state index is -0.535. The summed E-state index contributed by atoms with van der Waals surface area (Å²) in [4.78, 5) is 6.01. The van der Waals surface area contributed by atoms with Crippen LogP contribution in [0.2, 0.25) is 0 Å². The minimum absolute atomic E-state index is 0.242. The van der Waals surface area contributed by atoms with Gasteiger partial charge in [0.15, 0.2) is 28.1 Å². The van der Waals surface area contributed by atoms with Crippen molar-refractivity contribution in [2.45, 2.75) is 25.4 Å². The molecule has 2 N–H and O–H groups in total. The molecule has 0 radical (unpaired) electrons. The lowest BCUT2D eigenvalue weighted by Gasteiger charge is -2.46. The van der Waals surface area contributed by atoms with Crippen LogP contribution in [-0.2, 0) is 18.5 Å². The summed E-state index contributed by atoms with van der Waals surface area (Å²) >= 11 is 6.02. The molecule has 1 aromatic heterocycles. The molecule has 0 aliphatic carbocycles. The normalized spacial score (nSPS) is 19.4. The van der Waals surface area contributed by atoms with E-state index in [0.29, 0.717) is 11.7 Å². The smallest absolute Gasteiger partial charge is 0.231 e. The topological polar surface area (TPSA) is 68.0 Å². The maximum atomic E-state index is 6.02. The molecule has 0 bridgehead atoms. The number of nitrogens with one attached hydrogen (secondary N) is 2. The van der Waals surface area contributed by atoms with Gasteiger partial charge in [-0.2, -0.15) is 0 Å². The number of aromatic amines is 1. The zero-order valence-corrected chi connectivity index (χ0v) is 20.6. The average Bonchev–Trinajstić information content (AvgIpc) is 3.65. The summed E-state index contributed by atoms with van der Waals surface area (Å²) in [7, 11) is 0. The summed E-state index contributed by atoms with van der Waals surface area (Å²) < 4.78 is 22.3. The van der Waals surface area contributed by atoms with E-state index >= 15 is 0 Å². The first-order valence-electron chi connectivity index (χ1n) is 12.1. The van der Waals surface area contributed by atoms with Crippen molar-refractivity contribution in [2.75, 3.05) is 20.1 Å². The molecule has 1 atom stereocenters. The summed E-state index contributed by atoms with van der Waals surface area (Å²) in [6.07, 6.45) is 0.894. The zero-order valence-electron chi connectivity index (χ0n) is 19.8. The molecule has 4 aromatic rings. The number of thiocarbonyl (C=S) groups is 1. The molecular formula is C28H25N3O4S. The van der Waals surface area contributed by atoms with E-state index in [1.807, 2.05) is 24.3 Å². The lowest BCUT2D eigenvalue weighted by Crippen LogP contribution is -2.55. The first-order valence-corrected chi connectivity index (χ1v) is 12.5. The van der Waals surface area contributed by atoms with Crippen LogP contribution < -0.4 is 24.3 Å². The van der Waals surface area contributed by atoms with Gasteiger partial charge in [-0.3, -0.25) is 0 Å². The number of hydrogen-bond acceptors (Lipinski definition) is 5. The number of H-pyrrole nitrogens is 1. The Morgan fingerprint density at radius 1 is 0.944 bits per heavy atom. The van der Waals surface area contributed by atoms with E-state index in [4.69, 9.17) is 31.2 Å². The van der Waals surface area contributed by atoms with Gasteiger partial charge in [0.05, 0.1) is 0 Å². The van der Waals surface area contributed by atoms with Gasteiger partial charge in [0.25, 0.3) is 0 Å². The SMILES string of the molecule is CC1(c2ccc3c(c2)OCO3)c2[nH]c3ccccc3c2CCN1C(=S)NCc1ccc2c(c1)OCO2. The van der Waals surface area contributed by atoms with Gasteiger partial charge in [-0.15, -0.1) is 0 Å². The number of hydrogen-bond donors (Lipinski definition) is 2. The van der Waals surface area contributed by atoms with Crippen molar-refractivity contribution >= 4 is 28.2 Å². The van der Waals surface area contributed by atoms with Crippen molar-refractivity contribution in [3.05, 3.63) is 83.0 Å².